The minimum Gasteiger partial charge on any atom is -0.372 e. The number of hydrogen-bond acceptors (Lipinski definition) is 4. The van der Waals surface area contributed by atoms with Gasteiger partial charge in [-0.3, -0.25) is 4.79 Å². The van der Waals surface area contributed by atoms with Gasteiger partial charge in [0.1, 0.15) is 0 Å². The van der Waals surface area contributed by atoms with Gasteiger partial charge in [0, 0.05) is 36.6 Å². The van der Waals surface area contributed by atoms with Crippen LogP contribution in [0.5, 0.6) is 0 Å². The number of nitriles is 1. The number of carbonyl (C=O) groups excluding carboxylic acids is 1. The van der Waals surface area contributed by atoms with Crippen molar-refractivity contribution in [2.24, 2.45) is 5.92 Å². The SMILES string of the molecule is CC1CN(C(=O)C2CCN(c3ccc(C#N)cc3Br)CC2)CC(C)O1. The van der Waals surface area contributed by atoms with Crippen LogP contribution in [0, 0.1) is 17.2 Å². The van der Waals surface area contributed by atoms with Crippen LogP contribution in [0.1, 0.15) is 32.3 Å². The maximum absolute atomic E-state index is 12.8. The smallest absolute Gasteiger partial charge is 0.225 e. The van der Waals surface area contributed by atoms with Crippen LogP contribution >= 0.6 is 15.9 Å². The van der Waals surface area contributed by atoms with Gasteiger partial charge in [-0.25, -0.2) is 0 Å². The quantitative estimate of drug-likeness (QED) is 0.757. The first-order chi connectivity index (χ1) is 12.0. The summed E-state index contributed by atoms with van der Waals surface area (Å²) < 4.78 is 6.67. The number of amides is 1. The molecule has 25 heavy (non-hydrogen) atoms. The van der Waals surface area contributed by atoms with E-state index in [1.807, 2.05) is 36.9 Å². The summed E-state index contributed by atoms with van der Waals surface area (Å²) in [6.07, 6.45) is 1.96. The minimum atomic E-state index is 0.103. The van der Waals surface area contributed by atoms with Gasteiger partial charge in [0.05, 0.1) is 29.5 Å². The normalized spacial score (nSPS) is 24.9. The predicted octanol–water partition coefficient (Wildman–Crippen LogP) is 3.17. The standard InChI is InChI=1S/C19H24BrN3O2/c1-13-11-23(12-14(2)25-13)19(24)16-5-7-22(8-6-16)18-4-3-15(10-21)9-17(18)20/h3-4,9,13-14,16H,5-8,11-12H2,1-2H3. The second-order valence-corrected chi connectivity index (χ2v) is 7.89. The Morgan fingerprint density at radius 2 is 1.88 bits per heavy atom. The highest BCUT2D eigenvalue weighted by molar-refractivity contribution is 9.10. The summed E-state index contributed by atoms with van der Waals surface area (Å²) in [5.74, 6) is 0.381. The average molecular weight is 406 g/mol. The number of rotatable bonds is 2. The zero-order valence-electron chi connectivity index (χ0n) is 14.7. The molecule has 6 heteroatoms. The molecule has 0 radical (unpaired) electrons. The van der Waals surface area contributed by atoms with Crippen molar-refractivity contribution in [3.63, 3.8) is 0 Å². The summed E-state index contributed by atoms with van der Waals surface area (Å²) in [7, 11) is 0. The number of ether oxygens (including phenoxy) is 1. The van der Waals surface area contributed by atoms with E-state index in [4.69, 9.17) is 10.00 Å². The van der Waals surface area contributed by atoms with Crippen molar-refractivity contribution < 1.29 is 9.53 Å². The Morgan fingerprint density at radius 3 is 2.44 bits per heavy atom. The second-order valence-electron chi connectivity index (χ2n) is 7.04. The Labute approximate surface area is 157 Å². The molecule has 0 aromatic heterocycles. The van der Waals surface area contributed by atoms with Gasteiger partial charge < -0.3 is 14.5 Å². The van der Waals surface area contributed by atoms with Crippen molar-refractivity contribution in [1.82, 2.24) is 4.90 Å². The van der Waals surface area contributed by atoms with Crippen molar-refractivity contribution in [3.8, 4) is 6.07 Å². The molecule has 0 saturated carbocycles. The fraction of sp³-hybridized carbons (Fsp3) is 0.579. The fourth-order valence-electron chi connectivity index (χ4n) is 3.82. The number of hydrogen-bond donors (Lipinski definition) is 0. The third-order valence-corrected chi connectivity index (χ3v) is 5.63. The highest BCUT2D eigenvalue weighted by Gasteiger charge is 2.32. The number of anilines is 1. The van der Waals surface area contributed by atoms with Crippen molar-refractivity contribution in [3.05, 3.63) is 28.2 Å². The lowest BCUT2D eigenvalue weighted by molar-refractivity contribution is -0.148. The summed E-state index contributed by atoms with van der Waals surface area (Å²) in [4.78, 5) is 17.1. The number of piperidine rings is 1. The molecule has 0 spiro atoms. The molecule has 2 saturated heterocycles. The maximum Gasteiger partial charge on any atom is 0.225 e. The van der Waals surface area contributed by atoms with E-state index < -0.39 is 0 Å². The highest BCUT2D eigenvalue weighted by Crippen LogP contribution is 2.31. The van der Waals surface area contributed by atoms with Gasteiger partial charge in [0.25, 0.3) is 0 Å². The molecule has 134 valence electrons. The first-order valence-corrected chi connectivity index (χ1v) is 9.66. The molecule has 0 bridgehead atoms. The predicted molar refractivity (Wildman–Crippen MR) is 100 cm³/mol. The maximum atomic E-state index is 12.8. The molecule has 2 fully saturated rings. The van der Waals surface area contributed by atoms with Gasteiger partial charge >= 0.3 is 0 Å². The van der Waals surface area contributed by atoms with Crippen LogP contribution in [0.3, 0.4) is 0 Å². The summed E-state index contributed by atoms with van der Waals surface area (Å²) >= 11 is 3.56. The summed E-state index contributed by atoms with van der Waals surface area (Å²) in [6, 6.07) is 7.83. The molecule has 5 nitrogen and oxygen atoms in total. The number of benzene rings is 1. The lowest BCUT2D eigenvalue weighted by Crippen LogP contribution is -2.51. The summed E-state index contributed by atoms with van der Waals surface area (Å²) in [5, 5.41) is 8.98. The molecular formula is C19H24BrN3O2. The van der Waals surface area contributed by atoms with Crippen LogP contribution in [0.25, 0.3) is 0 Å². The van der Waals surface area contributed by atoms with Crippen molar-refractivity contribution >= 4 is 27.5 Å². The van der Waals surface area contributed by atoms with Crippen molar-refractivity contribution in [2.75, 3.05) is 31.1 Å². The lowest BCUT2D eigenvalue weighted by atomic mass is 9.94. The van der Waals surface area contributed by atoms with Crippen LogP contribution in [0.4, 0.5) is 5.69 Å². The van der Waals surface area contributed by atoms with Crippen LogP contribution < -0.4 is 4.90 Å². The topological polar surface area (TPSA) is 56.6 Å². The van der Waals surface area contributed by atoms with E-state index in [1.165, 1.54) is 0 Å². The van der Waals surface area contributed by atoms with Gasteiger partial charge in [0.2, 0.25) is 5.91 Å². The molecule has 2 heterocycles. The first kappa shape index (κ1) is 18.2. The minimum absolute atomic E-state index is 0.103. The Morgan fingerprint density at radius 1 is 1.24 bits per heavy atom. The first-order valence-electron chi connectivity index (χ1n) is 8.86. The summed E-state index contributed by atoms with van der Waals surface area (Å²) in [6.45, 7) is 7.17. The molecule has 1 aromatic carbocycles. The van der Waals surface area contributed by atoms with Crippen LogP contribution in [0.15, 0.2) is 22.7 Å². The third-order valence-electron chi connectivity index (χ3n) is 4.99. The van der Waals surface area contributed by atoms with E-state index in [-0.39, 0.29) is 24.0 Å². The summed E-state index contributed by atoms with van der Waals surface area (Å²) in [5.41, 5.74) is 1.75. The van der Waals surface area contributed by atoms with Gasteiger partial charge in [-0.15, -0.1) is 0 Å². The van der Waals surface area contributed by atoms with Crippen LogP contribution in [-0.4, -0.2) is 49.2 Å². The van der Waals surface area contributed by atoms with E-state index in [0.29, 0.717) is 18.7 Å². The van der Waals surface area contributed by atoms with E-state index in [2.05, 4.69) is 26.9 Å². The van der Waals surface area contributed by atoms with Gasteiger partial charge in [-0.2, -0.15) is 5.26 Å². The van der Waals surface area contributed by atoms with E-state index in [9.17, 15) is 4.79 Å². The van der Waals surface area contributed by atoms with E-state index in [1.54, 1.807) is 0 Å². The van der Waals surface area contributed by atoms with Crippen molar-refractivity contribution in [2.45, 2.75) is 38.9 Å². The average Bonchev–Trinajstić information content (AvgIpc) is 2.60. The molecule has 2 atom stereocenters. The Kier molecular flexibility index (Phi) is 5.65. The Balaban J connectivity index is 1.60. The zero-order valence-corrected chi connectivity index (χ0v) is 16.3. The molecule has 2 aliphatic heterocycles. The molecular weight excluding hydrogens is 382 g/mol. The third kappa shape index (κ3) is 4.16. The van der Waals surface area contributed by atoms with Gasteiger partial charge in [-0.1, -0.05) is 0 Å². The number of carbonyl (C=O) groups is 1. The number of nitrogens with zero attached hydrogens (tertiary/aromatic N) is 3. The molecule has 2 unspecified atom stereocenters. The van der Waals surface area contributed by atoms with E-state index in [0.717, 1.165) is 36.1 Å². The fourth-order valence-corrected chi connectivity index (χ4v) is 4.45. The number of halogens is 1. The molecule has 0 N–H and O–H groups in total. The van der Waals surface area contributed by atoms with Gasteiger partial charge in [-0.05, 0) is 60.8 Å². The van der Waals surface area contributed by atoms with Crippen LogP contribution in [0.2, 0.25) is 0 Å². The molecule has 2 aliphatic rings. The number of morpholine rings is 1. The van der Waals surface area contributed by atoms with E-state index >= 15 is 0 Å². The molecule has 1 amide bonds. The molecule has 1 aromatic rings. The highest BCUT2D eigenvalue weighted by atomic mass is 79.9. The zero-order chi connectivity index (χ0) is 18.0. The molecule has 0 aliphatic carbocycles. The Bertz CT molecular complexity index is 670. The molecule has 3 rings (SSSR count). The Hall–Kier alpha value is -1.58. The second kappa shape index (κ2) is 7.76. The monoisotopic (exact) mass is 405 g/mol. The largest absolute Gasteiger partial charge is 0.372 e. The van der Waals surface area contributed by atoms with Crippen molar-refractivity contribution in [1.29, 1.82) is 5.26 Å². The van der Waals surface area contributed by atoms with Crippen LogP contribution in [-0.2, 0) is 9.53 Å². The lowest BCUT2D eigenvalue weighted by Gasteiger charge is -2.39. The van der Waals surface area contributed by atoms with Gasteiger partial charge in [0.15, 0.2) is 0 Å².